The van der Waals surface area contributed by atoms with Crippen molar-refractivity contribution in [2.24, 2.45) is 0 Å². The fraction of sp³-hybridized carbons (Fsp3) is 0.158. The maximum atomic E-state index is 12.6. The largest absolute Gasteiger partial charge is 0.307 e. The predicted molar refractivity (Wildman–Crippen MR) is 112 cm³/mol. The number of anilines is 2. The van der Waals surface area contributed by atoms with E-state index in [4.69, 9.17) is 0 Å². The highest BCUT2D eigenvalue weighted by Gasteiger charge is 2.16. The maximum absolute atomic E-state index is 12.6. The van der Waals surface area contributed by atoms with Crippen molar-refractivity contribution in [2.45, 2.75) is 24.8 Å². The van der Waals surface area contributed by atoms with Gasteiger partial charge in [-0.3, -0.25) is 9.52 Å². The lowest BCUT2D eigenvalue weighted by Gasteiger charge is -2.13. The topological polar surface area (TPSA) is 93.1 Å². The minimum Gasteiger partial charge on any atom is -0.307 e. The Morgan fingerprint density at radius 1 is 1.11 bits per heavy atom. The minimum atomic E-state index is -3.76. The van der Waals surface area contributed by atoms with E-state index in [-0.39, 0.29) is 16.8 Å². The summed E-state index contributed by atoms with van der Waals surface area (Å²) in [6, 6.07) is 14.4. The molecule has 0 aliphatic heterocycles. The number of halogens is 1. The van der Waals surface area contributed by atoms with Crippen LogP contribution in [0.3, 0.4) is 0 Å². The molecule has 3 aromatic rings. The van der Waals surface area contributed by atoms with Gasteiger partial charge in [0, 0.05) is 27.8 Å². The molecule has 1 aromatic heterocycles. The molecule has 0 unspecified atom stereocenters. The van der Waals surface area contributed by atoms with Gasteiger partial charge in [0.2, 0.25) is 0 Å². The van der Waals surface area contributed by atoms with Gasteiger partial charge in [0.05, 0.1) is 11.1 Å². The van der Waals surface area contributed by atoms with Crippen molar-refractivity contribution >= 4 is 43.4 Å². The number of carbonyl (C=O) groups excluding carboxylic acids is 1. The van der Waals surface area contributed by atoms with Gasteiger partial charge in [-0.1, -0.05) is 22.0 Å². The van der Waals surface area contributed by atoms with Crippen LogP contribution in [0.4, 0.5) is 11.5 Å². The van der Waals surface area contributed by atoms with Crippen molar-refractivity contribution in [3.8, 4) is 0 Å². The van der Waals surface area contributed by atoms with E-state index < -0.39 is 10.0 Å². The molecule has 0 aliphatic rings. The monoisotopic (exact) mass is 462 g/mol. The third kappa shape index (κ3) is 4.60. The SMILES string of the molecule is CC(C)n1nccc1NC(=O)c1cccc(NS(=O)(=O)c2ccc(Br)cc2)c1. The summed E-state index contributed by atoms with van der Waals surface area (Å²) in [4.78, 5) is 12.7. The van der Waals surface area contributed by atoms with E-state index in [9.17, 15) is 13.2 Å². The van der Waals surface area contributed by atoms with Crippen LogP contribution in [-0.2, 0) is 10.0 Å². The summed E-state index contributed by atoms with van der Waals surface area (Å²) in [5, 5.41) is 6.97. The Morgan fingerprint density at radius 2 is 1.82 bits per heavy atom. The average Bonchev–Trinajstić information content (AvgIpc) is 3.10. The number of benzene rings is 2. The van der Waals surface area contributed by atoms with E-state index >= 15 is 0 Å². The van der Waals surface area contributed by atoms with Gasteiger partial charge in [-0.2, -0.15) is 5.10 Å². The molecule has 146 valence electrons. The lowest BCUT2D eigenvalue weighted by molar-refractivity contribution is 0.102. The first kappa shape index (κ1) is 20.1. The zero-order valence-corrected chi connectivity index (χ0v) is 17.7. The lowest BCUT2D eigenvalue weighted by Crippen LogP contribution is -2.17. The second-order valence-corrected chi connectivity index (χ2v) is 8.95. The van der Waals surface area contributed by atoms with E-state index in [0.717, 1.165) is 4.47 Å². The molecule has 0 atom stereocenters. The van der Waals surface area contributed by atoms with Gasteiger partial charge in [0.25, 0.3) is 15.9 Å². The molecule has 0 fully saturated rings. The highest BCUT2D eigenvalue weighted by Crippen LogP contribution is 2.20. The molecule has 28 heavy (non-hydrogen) atoms. The van der Waals surface area contributed by atoms with Crippen molar-refractivity contribution in [2.75, 3.05) is 10.0 Å². The molecule has 0 spiro atoms. The van der Waals surface area contributed by atoms with Crippen LogP contribution >= 0.6 is 15.9 Å². The molecule has 2 N–H and O–H groups in total. The number of carbonyl (C=O) groups is 1. The van der Waals surface area contributed by atoms with Gasteiger partial charge >= 0.3 is 0 Å². The quantitative estimate of drug-likeness (QED) is 0.571. The molecule has 9 heteroatoms. The van der Waals surface area contributed by atoms with E-state index in [1.54, 1.807) is 47.3 Å². The normalized spacial score (nSPS) is 11.4. The summed E-state index contributed by atoms with van der Waals surface area (Å²) in [5.41, 5.74) is 0.625. The number of nitrogens with one attached hydrogen (secondary N) is 2. The Kier molecular flexibility index (Phi) is 5.85. The highest BCUT2D eigenvalue weighted by molar-refractivity contribution is 9.10. The molecular weight excluding hydrogens is 444 g/mol. The Labute approximate surface area is 172 Å². The van der Waals surface area contributed by atoms with E-state index in [2.05, 4.69) is 31.1 Å². The van der Waals surface area contributed by atoms with Gasteiger partial charge in [0.15, 0.2) is 0 Å². The summed E-state index contributed by atoms with van der Waals surface area (Å²) >= 11 is 3.28. The molecule has 1 heterocycles. The number of aromatic nitrogens is 2. The van der Waals surface area contributed by atoms with Crippen LogP contribution in [0.2, 0.25) is 0 Å². The second-order valence-electron chi connectivity index (χ2n) is 6.35. The predicted octanol–water partition coefficient (Wildman–Crippen LogP) is 4.28. The van der Waals surface area contributed by atoms with Gasteiger partial charge in [-0.15, -0.1) is 0 Å². The third-order valence-electron chi connectivity index (χ3n) is 3.90. The lowest BCUT2D eigenvalue weighted by atomic mass is 10.2. The van der Waals surface area contributed by atoms with Crippen LogP contribution in [-0.4, -0.2) is 24.1 Å². The number of sulfonamides is 1. The Bertz CT molecular complexity index is 1090. The molecule has 7 nitrogen and oxygen atoms in total. The van der Waals surface area contributed by atoms with Crippen LogP contribution in [0.5, 0.6) is 0 Å². The summed E-state index contributed by atoms with van der Waals surface area (Å²) in [6.45, 7) is 3.92. The van der Waals surface area contributed by atoms with Crippen LogP contribution < -0.4 is 10.0 Å². The summed E-state index contributed by atoms with van der Waals surface area (Å²) in [6.07, 6.45) is 1.61. The molecule has 0 saturated carbocycles. The number of nitrogens with zero attached hydrogens (tertiary/aromatic N) is 2. The number of amides is 1. The van der Waals surface area contributed by atoms with Crippen LogP contribution in [0.15, 0.2) is 70.2 Å². The third-order valence-corrected chi connectivity index (χ3v) is 5.83. The van der Waals surface area contributed by atoms with Gasteiger partial charge in [-0.25, -0.2) is 13.1 Å². The van der Waals surface area contributed by atoms with E-state index in [0.29, 0.717) is 17.1 Å². The standard InChI is InChI=1S/C19H19BrN4O3S/c1-13(2)24-18(10-11-21-24)22-19(25)14-4-3-5-16(12-14)23-28(26,27)17-8-6-15(20)7-9-17/h3-13,23H,1-2H3,(H,22,25). The average molecular weight is 463 g/mol. The zero-order valence-electron chi connectivity index (χ0n) is 15.3. The second kappa shape index (κ2) is 8.15. The number of hydrogen-bond donors (Lipinski definition) is 2. The Morgan fingerprint density at radius 3 is 2.50 bits per heavy atom. The molecular formula is C19H19BrN4O3S. The Hall–Kier alpha value is -2.65. The number of rotatable bonds is 6. The minimum absolute atomic E-state index is 0.0920. The number of hydrogen-bond acceptors (Lipinski definition) is 4. The van der Waals surface area contributed by atoms with E-state index in [1.807, 2.05) is 13.8 Å². The van der Waals surface area contributed by atoms with Crippen LogP contribution in [0.1, 0.15) is 30.2 Å². The van der Waals surface area contributed by atoms with Crippen molar-refractivity contribution in [1.82, 2.24) is 9.78 Å². The highest BCUT2D eigenvalue weighted by atomic mass is 79.9. The van der Waals surface area contributed by atoms with Crippen LogP contribution in [0.25, 0.3) is 0 Å². The van der Waals surface area contributed by atoms with Gasteiger partial charge in [-0.05, 0) is 56.3 Å². The molecule has 0 saturated heterocycles. The first-order chi connectivity index (χ1) is 13.3. The summed E-state index contributed by atoms with van der Waals surface area (Å²) < 4.78 is 30.0. The van der Waals surface area contributed by atoms with Crippen LogP contribution in [0, 0.1) is 0 Å². The van der Waals surface area contributed by atoms with Crippen molar-refractivity contribution in [3.05, 3.63) is 70.8 Å². The fourth-order valence-corrected chi connectivity index (χ4v) is 3.88. The Balaban J connectivity index is 1.79. The van der Waals surface area contributed by atoms with Crippen molar-refractivity contribution in [1.29, 1.82) is 0 Å². The van der Waals surface area contributed by atoms with E-state index in [1.165, 1.54) is 18.2 Å². The van der Waals surface area contributed by atoms with Crippen molar-refractivity contribution < 1.29 is 13.2 Å². The van der Waals surface area contributed by atoms with Gasteiger partial charge in [0.1, 0.15) is 5.82 Å². The first-order valence-corrected chi connectivity index (χ1v) is 10.8. The fourth-order valence-electron chi connectivity index (χ4n) is 2.57. The molecule has 0 aliphatic carbocycles. The molecule has 2 aromatic carbocycles. The smallest absolute Gasteiger partial charge is 0.261 e. The maximum Gasteiger partial charge on any atom is 0.261 e. The van der Waals surface area contributed by atoms with Crippen molar-refractivity contribution in [3.63, 3.8) is 0 Å². The van der Waals surface area contributed by atoms with Gasteiger partial charge < -0.3 is 5.32 Å². The summed E-state index contributed by atoms with van der Waals surface area (Å²) in [7, 11) is -3.76. The zero-order chi connectivity index (χ0) is 20.3. The molecule has 0 bridgehead atoms. The molecule has 3 rings (SSSR count). The molecule has 1 amide bonds. The summed E-state index contributed by atoms with van der Waals surface area (Å²) in [5.74, 6) is 0.216. The first-order valence-electron chi connectivity index (χ1n) is 8.49. The molecule has 0 radical (unpaired) electrons.